The Labute approximate surface area is 137 Å². The van der Waals surface area contributed by atoms with E-state index < -0.39 is 0 Å². The number of benzene rings is 1. The van der Waals surface area contributed by atoms with Crippen LogP contribution in [0.2, 0.25) is 0 Å². The summed E-state index contributed by atoms with van der Waals surface area (Å²) in [6.07, 6.45) is 1.07. The fourth-order valence-electron chi connectivity index (χ4n) is 2.52. The predicted molar refractivity (Wildman–Crippen MR) is 92.8 cm³/mol. The lowest BCUT2D eigenvalue weighted by Crippen LogP contribution is -2.23. The van der Waals surface area contributed by atoms with Crippen LogP contribution in [0.3, 0.4) is 0 Å². The predicted octanol–water partition coefficient (Wildman–Crippen LogP) is 6.06. The van der Waals surface area contributed by atoms with Gasteiger partial charge in [0.1, 0.15) is 11.3 Å². The van der Waals surface area contributed by atoms with Gasteiger partial charge >= 0.3 is 0 Å². The van der Waals surface area contributed by atoms with Crippen molar-refractivity contribution in [3.8, 4) is 0 Å². The monoisotopic (exact) mass is 363 g/mol. The van der Waals surface area contributed by atoms with Gasteiger partial charge in [-0.1, -0.05) is 28.9 Å². The van der Waals surface area contributed by atoms with Crippen molar-refractivity contribution in [2.45, 2.75) is 32.4 Å². The molecule has 0 saturated heterocycles. The molecule has 0 aliphatic carbocycles. The van der Waals surface area contributed by atoms with Crippen LogP contribution >= 0.6 is 27.3 Å². The molecule has 2 unspecified atom stereocenters. The summed E-state index contributed by atoms with van der Waals surface area (Å²) in [5.41, 5.74) is 0.936. The highest BCUT2D eigenvalue weighted by Crippen LogP contribution is 2.29. The van der Waals surface area contributed by atoms with Gasteiger partial charge in [0.15, 0.2) is 0 Å². The summed E-state index contributed by atoms with van der Waals surface area (Å²) in [6, 6.07) is 13.1. The van der Waals surface area contributed by atoms with Crippen LogP contribution in [0.15, 0.2) is 50.7 Å². The Morgan fingerprint density at radius 3 is 2.86 bits per heavy atom. The zero-order chi connectivity index (χ0) is 14.8. The van der Waals surface area contributed by atoms with E-state index >= 15 is 0 Å². The smallest absolute Gasteiger partial charge is 0.134 e. The van der Waals surface area contributed by atoms with Crippen LogP contribution in [0.25, 0.3) is 11.0 Å². The standard InChI is InChI=1S/C17H18BrNOS/c1-3-14(17-5-4-8-21-17)19-11(2)16-10-12-9-13(18)6-7-15(12)20-16/h4-11,14,19H,3H2,1-2H3. The minimum absolute atomic E-state index is 0.184. The van der Waals surface area contributed by atoms with Crippen molar-refractivity contribution in [1.29, 1.82) is 0 Å². The molecule has 4 heteroatoms. The van der Waals surface area contributed by atoms with Crippen LogP contribution in [-0.2, 0) is 0 Å². The number of furan rings is 1. The van der Waals surface area contributed by atoms with Crippen LogP contribution < -0.4 is 5.32 Å². The maximum atomic E-state index is 5.97. The molecule has 110 valence electrons. The van der Waals surface area contributed by atoms with Gasteiger partial charge in [-0.3, -0.25) is 5.32 Å². The van der Waals surface area contributed by atoms with Gasteiger partial charge in [0.25, 0.3) is 0 Å². The second-order valence-electron chi connectivity index (χ2n) is 5.20. The topological polar surface area (TPSA) is 25.2 Å². The molecule has 0 spiro atoms. The molecule has 1 N–H and O–H groups in total. The van der Waals surface area contributed by atoms with E-state index in [0.29, 0.717) is 6.04 Å². The number of halogens is 1. The number of hydrogen-bond acceptors (Lipinski definition) is 3. The van der Waals surface area contributed by atoms with Gasteiger partial charge in [0.2, 0.25) is 0 Å². The SMILES string of the molecule is CCC(NC(C)c1cc2cc(Br)ccc2o1)c1cccs1. The second-order valence-corrected chi connectivity index (χ2v) is 7.09. The van der Waals surface area contributed by atoms with Gasteiger partial charge in [-0.15, -0.1) is 11.3 Å². The first kappa shape index (κ1) is 14.8. The van der Waals surface area contributed by atoms with Crippen LogP contribution in [-0.4, -0.2) is 0 Å². The first-order valence-electron chi connectivity index (χ1n) is 7.16. The Hall–Kier alpha value is -1.10. The molecule has 0 saturated carbocycles. The van der Waals surface area contributed by atoms with E-state index in [-0.39, 0.29) is 6.04 Å². The zero-order valence-corrected chi connectivity index (χ0v) is 14.5. The van der Waals surface area contributed by atoms with Crippen molar-refractivity contribution in [3.05, 3.63) is 56.9 Å². The Balaban J connectivity index is 1.81. The Bertz CT molecular complexity index is 720. The van der Waals surface area contributed by atoms with Crippen LogP contribution in [0.4, 0.5) is 0 Å². The molecule has 0 amide bonds. The average molecular weight is 364 g/mol. The third kappa shape index (κ3) is 3.23. The fourth-order valence-corrected chi connectivity index (χ4v) is 3.77. The van der Waals surface area contributed by atoms with Gasteiger partial charge in [-0.2, -0.15) is 0 Å². The van der Waals surface area contributed by atoms with Crippen LogP contribution in [0, 0.1) is 0 Å². The molecule has 2 nitrogen and oxygen atoms in total. The highest BCUT2D eigenvalue weighted by Gasteiger charge is 2.17. The molecule has 21 heavy (non-hydrogen) atoms. The van der Waals surface area contributed by atoms with E-state index in [4.69, 9.17) is 4.42 Å². The van der Waals surface area contributed by atoms with Gasteiger partial charge in [-0.05, 0) is 49.1 Å². The van der Waals surface area contributed by atoms with Crippen molar-refractivity contribution < 1.29 is 4.42 Å². The van der Waals surface area contributed by atoms with Crippen LogP contribution in [0.5, 0.6) is 0 Å². The lowest BCUT2D eigenvalue weighted by molar-refractivity contribution is 0.401. The van der Waals surface area contributed by atoms with Gasteiger partial charge in [-0.25, -0.2) is 0 Å². The molecule has 2 atom stereocenters. The molecule has 0 radical (unpaired) electrons. The number of thiophene rings is 1. The third-order valence-corrected chi connectivity index (χ3v) is 5.15. The lowest BCUT2D eigenvalue weighted by Gasteiger charge is -2.19. The third-order valence-electron chi connectivity index (χ3n) is 3.67. The number of fused-ring (bicyclic) bond motifs is 1. The molecular weight excluding hydrogens is 346 g/mol. The molecule has 3 rings (SSSR count). The maximum Gasteiger partial charge on any atom is 0.134 e. The van der Waals surface area contributed by atoms with Gasteiger partial charge < -0.3 is 4.42 Å². The van der Waals surface area contributed by atoms with E-state index in [9.17, 15) is 0 Å². The molecule has 0 aliphatic rings. The molecule has 0 fully saturated rings. The molecule has 2 heterocycles. The number of rotatable bonds is 5. The molecule has 1 aromatic carbocycles. The van der Waals surface area contributed by atoms with E-state index in [1.165, 1.54) is 4.88 Å². The second kappa shape index (κ2) is 6.34. The summed E-state index contributed by atoms with van der Waals surface area (Å²) in [6.45, 7) is 4.36. The van der Waals surface area contributed by atoms with Crippen molar-refractivity contribution in [2.24, 2.45) is 0 Å². The Kier molecular flexibility index (Phi) is 4.48. The van der Waals surface area contributed by atoms with Gasteiger partial charge in [0, 0.05) is 20.8 Å². The summed E-state index contributed by atoms with van der Waals surface area (Å²) in [7, 11) is 0. The summed E-state index contributed by atoms with van der Waals surface area (Å²) in [5.74, 6) is 0.984. The Morgan fingerprint density at radius 2 is 2.14 bits per heavy atom. The zero-order valence-electron chi connectivity index (χ0n) is 12.1. The number of nitrogens with one attached hydrogen (secondary N) is 1. The van der Waals surface area contributed by atoms with E-state index in [2.05, 4.69) is 64.7 Å². The fraction of sp³-hybridized carbons (Fsp3) is 0.294. The highest BCUT2D eigenvalue weighted by molar-refractivity contribution is 9.10. The molecule has 2 aromatic heterocycles. The molecule has 0 bridgehead atoms. The normalized spacial score (nSPS) is 14.4. The van der Waals surface area contributed by atoms with Gasteiger partial charge in [0.05, 0.1) is 6.04 Å². The van der Waals surface area contributed by atoms with E-state index in [0.717, 1.165) is 27.6 Å². The largest absolute Gasteiger partial charge is 0.459 e. The molecule has 0 aliphatic heterocycles. The maximum absolute atomic E-state index is 5.97. The Morgan fingerprint density at radius 1 is 1.29 bits per heavy atom. The quantitative estimate of drug-likeness (QED) is 0.595. The van der Waals surface area contributed by atoms with Crippen molar-refractivity contribution >= 4 is 38.2 Å². The van der Waals surface area contributed by atoms with E-state index in [1.54, 1.807) is 11.3 Å². The average Bonchev–Trinajstić information content (AvgIpc) is 3.12. The summed E-state index contributed by atoms with van der Waals surface area (Å²) in [4.78, 5) is 1.38. The highest BCUT2D eigenvalue weighted by atomic mass is 79.9. The first-order chi connectivity index (χ1) is 10.2. The summed E-state index contributed by atoms with van der Waals surface area (Å²) >= 11 is 5.30. The van der Waals surface area contributed by atoms with Crippen molar-refractivity contribution in [3.63, 3.8) is 0 Å². The summed E-state index contributed by atoms with van der Waals surface area (Å²) < 4.78 is 7.04. The van der Waals surface area contributed by atoms with Crippen LogP contribution in [0.1, 0.15) is 43.0 Å². The minimum atomic E-state index is 0.184. The molecule has 3 aromatic rings. The van der Waals surface area contributed by atoms with E-state index in [1.807, 2.05) is 12.1 Å². The van der Waals surface area contributed by atoms with Crippen molar-refractivity contribution in [1.82, 2.24) is 5.32 Å². The summed E-state index contributed by atoms with van der Waals surface area (Å²) in [5, 5.41) is 6.93. The molecular formula is C17H18BrNOS. The minimum Gasteiger partial charge on any atom is -0.459 e. The van der Waals surface area contributed by atoms with Crippen molar-refractivity contribution in [2.75, 3.05) is 0 Å². The lowest BCUT2D eigenvalue weighted by atomic mass is 10.1. The number of hydrogen-bond donors (Lipinski definition) is 1. The first-order valence-corrected chi connectivity index (χ1v) is 8.83.